The van der Waals surface area contributed by atoms with Gasteiger partial charge < -0.3 is 9.32 Å². The van der Waals surface area contributed by atoms with Crippen LogP contribution in [-0.2, 0) is 30.5 Å². The van der Waals surface area contributed by atoms with Gasteiger partial charge in [0.1, 0.15) is 5.76 Å². The Balaban J connectivity index is 1.78. The van der Waals surface area contributed by atoms with Gasteiger partial charge in [-0.05, 0) is 35.4 Å². The highest BCUT2D eigenvalue weighted by molar-refractivity contribution is 5.78. The lowest BCUT2D eigenvalue weighted by Crippen LogP contribution is -2.31. The topological polar surface area (TPSA) is 46.3 Å². The molecule has 1 amide bonds. The maximum Gasteiger partial charge on any atom is 0.416 e. The zero-order valence-electron chi connectivity index (χ0n) is 14.3. The van der Waals surface area contributed by atoms with E-state index in [9.17, 15) is 18.0 Å². The molecule has 7 heteroatoms. The van der Waals surface area contributed by atoms with Crippen LogP contribution in [0.4, 0.5) is 13.2 Å². The number of carbonyl (C=O) groups is 1. The lowest BCUT2D eigenvalue weighted by atomic mass is 10.1. The van der Waals surface area contributed by atoms with Gasteiger partial charge in [0.2, 0.25) is 5.91 Å². The average Bonchev–Trinajstić information content (AvgIpc) is 3.15. The lowest BCUT2D eigenvalue weighted by molar-refractivity contribution is -0.138. The molecule has 0 spiro atoms. The first kappa shape index (κ1) is 18.7. The fraction of sp³-hybridized carbons (Fsp3) is 0.200. The van der Waals surface area contributed by atoms with Crippen molar-refractivity contribution in [3.63, 3.8) is 0 Å². The van der Waals surface area contributed by atoms with E-state index in [2.05, 4.69) is 4.98 Å². The molecule has 0 saturated heterocycles. The van der Waals surface area contributed by atoms with Crippen LogP contribution in [0.3, 0.4) is 0 Å². The van der Waals surface area contributed by atoms with Crippen molar-refractivity contribution >= 4 is 5.91 Å². The minimum atomic E-state index is -4.44. The van der Waals surface area contributed by atoms with Gasteiger partial charge >= 0.3 is 6.18 Å². The van der Waals surface area contributed by atoms with Gasteiger partial charge in [-0.25, -0.2) is 0 Å². The molecule has 0 saturated carbocycles. The Morgan fingerprint density at radius 1 is 1.04 bits per heavy atom. The van der Waals surface area contributed by atoms with Gasteiger partial charge in [-0.2, -0.15) is 13.2 Å². The third kappa shape index (κ3) is 5.20. The van der Waals surface area contributed by atoms with Crippen molar-refractivity contribution in [2.24, 2.45) is 0 Å². The average molecular weight is 374 g/mol. The number of carbonyl (C=O) groups excluding carboxylic acids is 1. The van der Waals surface area contributed by atoms with E-state index in [1.165, 1.54) is 23.3 Å². The van der Waals surface area contributed by atoms with E-state index in [1.54, 1.807) is 30.6 Å². The minimum absolute atomic E-state index is 0.134. The molecular weight excluding hydrogens is 357 g/mol. The van der Waals surface area contributed by atoms with E-state index < -0.39 is 11.7 Å². The number of amides is 1. The van der Waals surface area contributed by atoms with E-state index in [1.807, 2.05) is 6.07 Å². The van der Waals surface area contributed by atoms with Crippen molar-refractivity contribution in [3.8, 4) is 0 Å². The summed E-state index contributed by atoms with van der Waals surface area (Å²) in [4.78, 5) is 18.4. The van der Waals surface area contributed by atoms with Gasteiger partial charge in [-0.3, -0.25) is 9.78 Å². The summed E-state index contributed by atoms with van der Waals surface area (Å²) < 4.78 is 44.0. The molecule has 2 heterocycles. The zero-order chi connectivity index (χ0) is 19.3. The predicted molar refractivity (Wildman–Crippen MR) is 92.3 cm³/mol. The van der Waals surface area contributed by atoms with Gasteiger partial charge in [-0.1, -0.05) is 24.3 Å². The van der Waals surface area contributed by atoms with Gasteiger partial charge in [0.15, 0.2) is 0 Å². The Kier molecular flexibility index (Phi) is 5.59. The molecule has 0 aliphatic rings. The van der Waals surface area contributed by atoms with E-state index in [-0.39, 0.29) is 25.4 Å². The number of rotatable bonds is 6. The molecular formula is C20H17F3N2O2. The molecule has 0 atom stereocenters. The highest BCUT2D eigenvalue weighted by Crippen LogP contribution is 2.29. The second-order valence-electron chi connectivity index (χ2n) is 6.07. The van der Waals surface area contributed by atoms with Crippen LogP contribution in [0, 0.1) is 0 Å². The first-order chi connectivity index (χ1) is 12.9. The molecule has 0 bridgehead atoms. The van der Waals surface area contributed by atoms with Crippen molar-refractivity contribution in [2.75, 3.05) is 0 Å². The molecule has 0 N–H and O–H groups in total. The molecule has 140 valence electrons. The lowest BCUT2D eigenvalue weighted by Gasteiger charge is -2.22. The molecule has 3 aromatic rings. The number of aromatic nitrogens is 1. The number of nitrogens with zero attached hydrogens (tertiary/aromatic N) is 2. The number of hydrogen-bond acceptors (Lipinski definition) is 3. The molecule has 0 unspecified atom stereocenters. The maximum atomic E-state index is 12.9. The zero-order valence-corrected chi connectivity index (χ0v) is 14.3. The summed E-state index contributed by atoms with van der Waals surface area (Å²) in [6.07, 6.45) is 0.208. The Bertz CT molecular complexity index is 878. The first-order valence-corrected chi connectivity index (χ1v) is 8.27. The molecule has 4 nitrogen and oxygen atoms in total. The largest absolute Gasteiger partial charge is 0.467 e. The van der Waals surface area contributed by atoms with Crippen LogP contribution < -0.4 is 0 Å². The summed E-state index contributed by atoms with van der Waals surface area (Å²) >= 11 is 0. The smallest absolute Gasteiger partial charge is 0.416 e. The number of furan rings is 1. The van der Waals surface area contributed by atoms with Crippen molar-refractivity contribution in [2.45, 2.75) is 25.7 Å². The van der Waals surface area contributed by atoms with Crippen LogP contribution in [0.15, 0.2) is 71.6 Å². The van der Waals surface area contributed by atoms with E-state index in [0.717, 1.165) is 17.7 Å². The van der Waals surface area contributed by atoms with Crippen LogP contribution in [0.2, 0.25) is 0 Å². The molecule has 0 aliphatic carbocycles. The quantitative estimate of drug-likeness (QED) is 0.640. The monoisotopic (exact) mass is 374 g/mol. The number of hydrogen-bond donors (Lipinski definition) is 0. The van der Waals surface area contributed by atoms with Crippen LogP contribution in [0.5, 0.6) is 0 Å². The highest BCUT2D eigenvalue weighted by atomic mass is 19.4. The SMILES string of the molecule is O=C(Cc1cccc(C(F)(F)F)c1)N(Cc1cccnc1)Cc1ccco1. The van der Waals surface area contributed by atoms with E-state index in [0.29, 0.717) is 11.3 Å². The van der Waals surface area contributed by atoms with Gasteiger partial charge in [0.25, 0.3) is 0 Å². The summed E-state index contributed by atoms with van der Waals surface area (Å²) in [5.41, 5.74) is 0.365. The van der Waals surface area contributed by atoms with Crippen molar-refractivity contribution in [3.05, 3.63) is 89.6 Å². The normalized spacial score (nSPS) is 11.4. The van der Waals surface area contributed by atoms with Gasteiger partial charge in [0, 0.05) is 18.9 Å². The first-order valence-electron chi connectivity index (χ1n) is 8.27. The fourth-order valence-corrected chi connectivity index (χ4v) is 2.68. The van der Waals surface area contributed by atoms with Crippen LogP contribution in [0.25, 0.3) is 0 Å². The molecule has 3 rings (SSSR count). The fourth-order valence-electron chi connectivity index (χ4n) is 2.68. The third-order valence-corrected chi connectivity index (χ3v) is 3.99. The van der Waals surface area contributed by atoms with Gasteiger partial charge in [0.05, 0.1) is 24.8 Å². The highest BCUT2D eigenvalue weighted by Gasteiger charge is 2.30. The third-order valence-electron chi connectivity index (χ3n) is 3.99. The van der Waals surface area contributed by atoms with E-state index >= 15 is 0 Å². The van der Waals surface area contributed by atoms with Crippen molar-refractivity contribution in [1.82, 2.24) is 9.88 Å². The summed E-state index contributed by atoms with van der Waals surface area (Å²) in [7, 11) is 0. The Labute approximate surface area is 154 Å². The molecule has 0 aliphatic heterocycles. The summed E-state index contributed by atoms with van der Waals surface area (Å²) in [6, 6.07) is 11.9. The second kappa shape index (κ2) is 8.07. The number of pyridine rings is 1. The molecule has 2 aromatic heterocycles. The summed E-state index contributed by atoms with van der Waals surface area (Å²) in [6.45, 7) is 0.506. The van der Waals surface area contributed by atoms with Crippen molar-refractivity contribution in [1.29, 1.82) is 0 Å². The van der Waals surface area contributed by atoms with Crippen molar-refractivity contribution < 1.29 is 22.4 Å². The van der Waals surface area contributed by atoms with Gasteiger partial charge in [-0.15, -0.1) is 0 Å². The van der Waals surface area contributed by atoms with E-state index in [4.69, 9.17) is 4.42 Å². The van der Waals surface area contributed by atoms with Crippen LogP contribution in [-0.4, -0.2) is 15.8 Å². The number of benzene rings is 1. The predicted octanol–water partition coefficient (Wildman–Crippen LogP) is 4.46. The number of alkyl halides is 3. The van der Waals surface area contributed by atoms with Crippen LogP contribution in [0.1, 0.15) is 22.5 Å². The molecule has 27 heavy (non-hydrogen) atoms. The molecule has 0 radical (unpaired) electrons. The number of halogens is 3. The second-order valence-corrected chi connectivity index (χ2v) is 6.07. The Hall–Kier alpha value is -3.09. The Morgan fingerprint density at radius 2 is 1.85 bits per heavy atom. The Morgan fingerprint density at radius 3 is 2.52 bits per heavy atom. The van der Waals surface area contributed by atoms with Crippen LogP contribution >= 0.6 is 0 Å². The molecule has 0 fully saturated rings. The molecule has 1 aromatic carbocycles. The minimum Gasteiger partial charge on any atom is -0.467 e. The summed E-state index contributed by atoms with van der Waals surface area (Å²) in [5, 5.41) is 0. The standard InChI is InChI=1S/C20H17F3N2O2/c21-20(22,23)17-6-1-4-15(10-17)11-19(26)25(14-18-7-3-9-27-18)13-16-5-2-8-24-12-16/h1-10,12H,11,13-14H2. The summed E-state index contributed by atoms with van der Waals surface area (Å²) in [5.74, 6) is 0.297. The maximum absolute atomic E-state index is 12.9.